The van der Waals surface area contributed by atoms with Crippen molar-refractivity contribution in [3.63, 3.8) is 0 Å². The minimum atomic E-state index is -3.66. The molecule has 0 aliphatic heterocycles. The molecule has 8 nitrogen and oxygen atoms in total. The molecule has 0 aromatic heterocycles. The molecule has 37 heavy (non-hydrogen) atoms. The normalized spacial score (nSPS) is 12.9. The molecule has 204 valence electrons. The van der Waals surface area contributed by atoms with Crippen LogP contribution in [0.5, 0.6) is 5.75 Å². The Morgan fingerprint density at radius 3 is 2.32 bits per heavy atom. The molecule has 0 fully saturated rings. The zero-order valence-electron chi connectivity index (χ0n) is 22.2. The molecular formula is C27H38FN3O5S. The number of nitrogens with one attached hydrogen (secondary N) is 1. The summed E-state index contributed by atoms with van der Waals surface area (Å²) in [5.41, 5.74) is 0.686. The van der Waals surface area contributed by atoms with Crippen LogP contribution in [0.4, 0.5) is 10.1 Å². The van der Waals surface area contributed by atoms with Crippen LogP contribution in [0.15, 0.2) is 48.5 Å². The highest BCUT2D eigenvalue weighted by Gasteiger charge is 2.28. The van der Waals surface area contributed by atoms with Crippen molar-refractivity contribution in [3.05, 3.63) is 59.9 Å². The third-order valence-electron chi connectivity index (χ3n) is 6.05. The number of rotatable bonds is 14. The van der Waals surface area contributed by atoms with E-state index < -0.39 is 21.9 Å². The number of carbonyl (C=O) groups excluding carboxylic acids is 2. The van der Waals surface area contributed by atoms with Crippen LogP contribution in [-0.2, 0) is 26.2 Å². The van der Waals surface area contributed by atoms with E-state index in [0.717, 1.165) is 12.7 Å². The monoisotopic (exact) mass is 535 g/mol. The molecule has 0 saturated heterocycles. The van der Waals surface area contributed by atoms with E-state index in [1.165, 1.54) is 15.3 Å². The molecule has 2 rings (SSSR count). The second kappa shape index (κ2) is 14.0. The second-order valence-electron chi connectivity index (χ2n) is 8.95. The van der Waals surface area contributed by atoms with E-state index in [2.05, 4.69) is 5.32 Å². The fourth-order valence-electron chi connectivity index (χ4n) is 3.78. The van der Waals surface area contributed by atoms with Crippen molar-refractivity contribution in [2.45, 2.75) is 65.6 Å². The number of carbonyl (C=O) groups is 2. The lowest BCUT2D eigenvalue weighted by Gasteiger charge is -2.30. The highest BCUT2D eigenvalue weighted by Crippen LogP contribution is 2.30. The van der Waals surface area contributed by atoms with Crippen molar-refractivity contribution >= 4 is 27.5 Å². The molecule has 2 aromatic rings. The van der Waals surface area contributed by atoms with Gasteiger partial charge in [-0.25, -0.2) is 12.8 Å². The second-order valence-corrected chi connectivity index (χ2v) is 10.9. The van der Waals surface area contributed by atoms with Crippen LogP contribution in [-0.4, -0.2) is 56.6 Å². The number of halogens is 1. The zero-order valence-corrected chi connectivity index (χ0v) is 23.1. The predicted octanol–water partition coefficient (Wildman–Crippen LogP) is 4.10. The largest absolute Gasteiger partial charge is 0.492 e. The quantitative estimate of drug-likeness (QED) is 0.393. The summed E-state index contributed by atoms with van der Waals surface area (Å²) in [6.45, 7) is 7.55. The standard InChI is InChI=1S/C27H38FN3O5S/c1-6-20(3)29-27(33)21(4)30(19-22-13-8-9-14-23(22)28)26(32)17-12-18-31(37(5,34)35)24-15-10-11-16-25(24)36-7-2/h8-11,13-16,20-21H,6-7,12,17-19H2,1-5H3,(H,29,33)/t20-,21+/m1/s1. The minimum Gasteiger partial charge on any atom is -0.492 e. The third kappa shape index (κ3) is 8.73. The Kier molecular flexibility index (Phi) is 11.4. The van der Waals surface area contributed by atoms with E-state index >= 15 is 0 Å². The van der Waals surface area contributed by atoms with Crippen molar-refractivity contribution in [1.29, 1.82) is 0 Å². The molecule has 0 aliphatic rings. The summed E-state index contributed by atoms with van der Waals surface area (Å²) in [6, 6.07) is 12.0. The molecule has 0 bridgehead atoms. The molecule has 0 saturated carbocycles. The molecule has 2 atom stereocenters. The number of nitrogens with zero attached hydrogens (tertiary/aromatic N) is 2. The van der Waals surface area contributed by atoms with Gasteiger partial charge in [0.15, 0.2) is 0 Å². The number of amides is 2. The van der Waals surface area contributed by atoms with Crippen LogP contribution in [0.2, 0.25) is 0 Å². The van der Waals surface area contributed by atoms with Gasteiger partial charge in [0.2, 0.25) is 21.8 Å². The lowest BCUT2D eigenvalue weighted by atomic mass is 10.1. The van der Waals surface area contributed by atoms with Crippen LogP contribution < -0.4 is 14.4 Å². The molecule has 10 heteroatoms. The Morgan fingerprint density at radius 2 is 1.70 bits per heavy atom. The predicted molar refractivity (Wildman–Crippen MR) is 143 cm³/mol. The molecule has 0 heterocycles. The number of anilines is 1. The van der Waals surface area contributed by atoms with E-state index in [-0.39, 0.29) is 43.8 Å². The SMILES string of the molecule is CCOc1ccccc1N(CCCC(=O)N(Cc1ccccc1F)[C@@H](C)C(=O)N[C@H](C)CC)S(C)(=O)=O. The van der Waals surface area contributed by atoms with Gasteiger partial charge in [-0.05, 0) is 51.8 Å². The Morgan fingerprint density at radius 1 is 1.05 bits per heavy atom. The van der Waals surface area contributed by atoms with Gasteiger partial charge in [-0.3, -0.25) is 13.9 Å². The Labute approximate surface area is 219 Å². The Hall–Kier alpha value is -3.14. The first-order valence-corrected chi connectivity index (χ1v) is 14.4. The van der Waals surface area contributed by atoms with Crippen LogP contribution >= 0.6 is 0 Å². The number of sulfonamides is 1. The van der Waals surface area contributed by atoms with E-state index in [1.54, 1.807) is 49.4 Å². The third-order valence-corrected chi connectivity index (χ3v) is 7.23. The van der Waals surface area contributed by atoms with Gasteiger partial charge < -0.3 is 15.0 Å². The molecule has 0 spiro atoms. The van der Waals surface area contributed by atoms with E-state index in [9.17, 15) is 22.4 Å². The van der Waals surface area contributed by atoms with Crippen molar-refractivity contribution in [2.75, 3.05) is 23.7 Å². The van der Waals surface area contributed by atoms with Gasteiger partial charge in [-0.15, -0.1) is 0 Å². The molecule has 1 N–H and O–H groups in total. The molecule has 2 aromatic carbocycles. The summed E-state index contributed by atoms with van der Waals surface area (Å²) in [6.07, 6.45) is 1.99. The van der Waals surface area contributed by atoms with Crippen LogP contribution in [0, 0.1) is 5.82 Å². The molecule has 2 amide bonds. The first-order chi connectivity index (χ1) is 17.5. The summed E-state index contributed by atoms with van der Waals surface area (Å²) in [7, 11) is -3.66. The minimum absolute atomic E-state index is 0.0295. The number of ether oxygens (including phenoxy) is 1. The van der Waals surface area contributed by atoms with Gasteiger partial charge in [0, 0.05) is 31.1 Å². The van der Waals surface area contributed by atoms with Gasteiger partial charge in [0.05, 0.1) is 18.6 Å². The average molecular weight is 536 g/mol. The zero-order chi connectivity index (χ0) is 27.6. The van der Waals surface area contributed by atoms with Crippen molar-refractivity contribution < 1.29 is 27.1 Å². The lowest BCUT2D eigenvalue weighted by Crippen LogP contribution is -2.49. The number of hydrogen-bond donors (Lipinski definition) is 1. The topological polar surface area (TPSA) is 96.0 Å². The summed E-state index contributed by atoms with van der Waals surface area (Å²) in [5.74, 6) is -0.743. The molecule has 0 unspecified atom stereocenters. The van der Waals surface area contributed by atoms with Gasteiger partial charge >= 0.3 is 0 Å². The fraction of sp³-hybridized carbons (Fsp3) is 0.481. The maximum atomic E-state index is 14.4. The molecular weight excluding hydrogens is 497 g/mol. The van der Waals surface area contributed by atoms with Crippen LogP contribution in [0.1, 0.15) is 52.5 Å². The van der Waals surface area contributed by atoms with Gasteiger partial charge in [0.25, 0.3) is 0 Å². The fourth-order valence-corrected chi connectivity index (χ4v) is 4.75. The number of para-hydroxylation sites is 2. The summed E-state index contributed by atoms with van der Waals surface area (Å²) < 4.78 is 46.4. The number of benzene rings is 2. The smallest absolute Gasteiger partial charge is 0.242 e. The van der Waals surface area contributed by atoms with E-state index in [0.29, 0.717) is 23.6 Å². The summed E-state index contributed by atoms with van der Waals surface area (Å²) in [4.78, 5) is 27.5. The van der Waals surface area contributed by atoms with Crippen LogP contribution in [0.3, 0.4) is 0 Å². The lowest BCUT2D eigenvalue weighted by molar-refractivity contribution is -0.141. The Bertz CT molecular complexity index is 1160. The van der Waals surface area contributed by atoms with Crippen molar-refractivity contribution in [1.82, 2.24) is 10.2 Å². The molecule has 0 aliphatic carbocycles. The van der Waals surface area contributed by atoms with Crippen molar-refractivity contribution in [2.24, 2.45) is 0 Å². The number of hydrogen-bond acceptors (Lipinski definition) is 5. The van der Waals surface area contributed by atoms with Crippen molar-refractivity contribution in [3.8, 4) is 5.75 Å². The first kappa shape index (κ1) is 30.1. The summed E-state index contributed by atoms with van der Waals surface area (Å²) >= 11 is 0. The maximum absolute atomic E-state index is 14.4. The molecule has 0 radical (unpaired) electrons. The summed E-state index contributed by atoms with van der Waals surface area (Å²) in [5, 5.41) is 2.87. The Balaban J connectivity index is 2.22. The van der Waals surface area contributed by atoms with Gasteiger partial charge in [0.1, 0.15) is 17.6 Å². The average Bonchev–Trinajstić information content (AvgIpc) is 2.85. The van der Waals surface area contributed by atoms with E-state index in [4.69, 9.17) is 4.74 Å². The first-order valence-electron chi connectivity index (χ1n) is 12.5. The van der Waals surface area contributed by atoms with Gasteiger partial charge in [-0.2, -0.15) is 0 Å². The maximum Gasteiger partial charge on any atom is 0.242 e. The van der Waals surface area contributed by atoms with E-state index in [1.807, 2.05) is 20.8 Å². The van der Waals surface area contributed by atoms with Crippen LogP contribution in [0.25, 0.3) is 0 Å². The highest BCUT2D eigenvalue weighted by molar-refractivity contribution is 7.92. The van der Waals surface area contributed by atoms with Gasteiger partial charge in [-0.1, -0.05) is 37.3 Å². The highest BCUT2D eigenvalue weighted by atomic mass is 32.2.